The first-order chi connectivity index (χ1) is 14.2. The Hall–Kier alpha value is -3.30. The van der Waals surface area contributed by atoms with E-state index in [1.807, 2.05) is 6.92 Å². The minimum atomic E-state index is -2.05. The van der Waals surface area contributed by atoms with Crippen molar-refractivity contribution in [1.82, 2.24) is 14.8 Å². The quantitative estimate of drug-likeness (QED) is 0.762. The third-order valence-corrected chi connectivity index (χ3v) is 4.64. The van der Waals surface area contributed by atoms with Crippen LogP contribution in [0.1, 0.15) is 17.7 Å². The van der Waals surface area contributed by atoms with Gasteiger partial charge in [-0.2, -0.15) is 10.1 Å². The molecular formula is C20H21F3N4O3. The van der Waals surface area contributed by atoms with Crippen LogP contribution in [0.4, 0.5) is 24.8 Å². The molecule has 3 rings (SSSR count). The second-order valence-electron chi connectivity index (χ2n) is 6.80. The van der Waals surface area contributed by atoms with Gasteiger partial charge in [-0.05, 0) is 37.1 Å². The minimum Gasteiger partial charge on any atom is -0.493 e. The predicted molar refractivity (Wildman–Crippen MR) is 105 cm³/mol. The molecule has 0 fully saturated rings. The maximum atomic E-state index is 13.7. The molecule has 0 spiro atoms. The van der Waals surface area contributed by atoms with Crippen LogP contribution in [-0.2, 0) is 6.54 Å². The van der Waals surface area contributed by atoms with Crippen LogP contribution in [0.3, 0.4) is 0 Å². The number of nitrogens with one attached hydrogen (secondary N) is 1. The van der Waals surface area contributed by atoms with E-state index in [2.05, 4.69) is 15.4 Å². The topological polar surface area (TPSA) is 78.3 Å². The highest BCUT2D eigenvalue weighted by atomic mass is 19.2. The van der Waals surface area contributed by atoms with E-state index in [1.54, 1.807) is 12.1 Å². The summed E-state index contributed by atoms with van der Waals surface area (Å²) in [5, 5.41) is 7.17. The van der Waals surface area contributed by atoms with Gasteiger partial charge < -0.3 is 14.8 Å². The zero-order chi connectivity index (χ0) is 22.0. The number of methoxy groups -OCH3 is 2. The molecule has 1 aliphatic rings. The Morgan fingerprint density at radius 1 is 1.20 bits per heavy atom. The molecule has 0 radical (unpaired) electrons. The van der Waals surface area contributed by atoms with Gasteiger partial charge in [-0.3, -0.25) is 4.79 Å². The highest BCUT2D eigenvalue weighted by Gasteiger charge is 2.25. The number of halogens is 3. The molecule has 2 aromatic rings. The standard InChI is InChI=1S/C20H21F3N4O3/c1-10-5-16(29-3)17(30-4)8-15(10)24-20-25-19(28)11(2)26-27(20)9-12-6-13(21)18(23)14(22)7-12/h5-6,8,14H,7,9H2,1-4H3,(H,24,25,28). The Balaban J connectivity index is 2.00. The van der Waals surface area contributed by atoms with Gasteiger partial charge in [-0.25, -0.2) is 17.9 Å². The van der Waals surface area contributed by atoms with E-state index in [0.717, 1.165) is 11.6 Å². The lowest BCUT2D eigenvalue weighted by atomic mass is 10.0. The SMILES string of the molecule is COc1cc(C)c(Nc2nc(=O)c(C)nn2CC2=CC(F)=C(F)C(F)C2)cc1OC. The smallest absolute Gasteiger partial charge is 0.296 e. The van der Waals surface area contributed by atoms with Crippen LogP contribution in [0, 0.1) is 13.8 Å². The van der Waals surface area contributed by atoms with E-state index < -0.39 is 23.4 Å². The van der Waals surface area contributed by atoms with Gasteiger partial charge in [-0.1, -0.05) is 0 Å². The zero-order valence-electron chi connectivity index (χ0n) is 16.9. The average Bonchev–Trinajstić information content (AvgIpc) is 2.70. The molecule has 1 heterocycles. The van der Waals surface area contributed by atoms with Gasteiger partial charge in [0.25, 0.3) is 5.56 Å². The van der Waals surface area contributed by atoms with E-state index in [-0.39, 0.29) is 30.2 Å². The summed E-state index contributed by atoms with van der Waals surface area (Å²) in [6.07, 6.45) is -1.43. The number of nitrogens with zero attached hydrogens (tertiary/aromatic N) is 3. The van der Waals surface area contributed by atoms with Crippen LogP contribution in [0.15, 0.2) is 40.2 Å². The first kappa shape index (κ1) is 21.4. The van der Waals surface area contributed by atoms with Crippen molar-refractivity contribution in [2.24, 2.45) is 0 Å². The molecule has 0 amide bonds. The average molecular weight is 422 g/mol. The highest BCUT2D eigenvalue weighted by Crippen LogP contribution is 2.34. The van der Waals surface area contributed by atoms with Gasteiger partial charge in [0.05, 0.1) is 20.8 Å². The molecular weight excluding hydrogens is 401 g/mol. The van der Waals surface area contributed by atoms with Crippen molar-refractivity contribution >= 4 is 11.6 Å². The molecule has 0 bridgehead atoms. The lowest BCUT2D eigenvalue weighted by Gasteiger charge is -2.19. The Bertz CT molecular complexity index is 1100. The van der Waals surface area contributed by atoms with Crippen molar-refractivity contribution in [2.75, 3.05) is 19.5 Å². The molecule has 1 unspecified atom stereocenters. The number of hydrogen-bond donors (Lipinski definition) is 1. The molecule has 0 saturated heterocycles. The maximum Gasteiger partial charge on any atom is 0.296 e. The summed E-state index contributed by atoms with van der Waals surface area (Å²) >= 11 is 0. The van der Waals surface area contributed by atoms with Gasteiger partial charge in [0.15, 0.2) is 29.3 Å². The molecule has 10 heteroatoms. The van der Waals surface area contributed by atoms with Crippen molar-refractivity contribution in [3.63, 3.8) is 0 Å². The van der Waals surface area contributed by atoms with Crippen molar-refractivity contribution in [1.29, 1.82) is 0 Å². The van der Waals surface area contributed by atoms with E-state index in [9.17, 15) is 18.0 Å². The lowest BCUT2D eigenvalue weighted by Crippen LogP contribution is -2.24. The van der Waals surface area contributed by atoms with Gasteiger partial charge >= 0.3 is 0 Å². The van der Waals surface area contributed by atoms with Crippen LogP contribution < -0.4 is 20.3 Å². The van der Waals surface area contributed by atoms with Crippen LogP contribution in [-0.4, -0.2) is 35.2 Å². The molecule has 1 aliphatic carbocycles. The van der Waals surface area contributed by atoms with Crippen molar-refractivity contribution in [2.45, 2.75) is 33.0 Å². The third kappa shape index (κ3) is 4.32. The Labute approximate surface area is 170 Å². The summed E-state index contributed by atoms with van der Waals surface area (Å²) < 4.78 is 52.5. The second kappa shape index (κ2) is 8.60. The van der Waals surface area contributed by atoms with Crippen LogP contribution in [0.2, 0.25) is 0 Å². The molecule has 30 heavy (non-hydrogen) atoms. The van der Waals surface area contributed by atoms with Gasteiger partial charge in [-0.15, -0.1) is 0 Å². The molecule has 1 N–H and O–H groups in total. The fourth-order valence-corrected chi connectivity index (χ4v) is 3.02. The number of hydrogen-bond acceptors (Lipinski definition) is 6. The Morgan fingerprint density at radius 2 is 1.87 bits per heavy atom. The van der Waals surface area contributed by atoms with Crippen LogP contribution in [0.5, 0.6) is 11.5 Å². The third-order valence-electron chi connectivity index (χ3n) is 4.64. The van der Waals surface area contributed by atoms with E-state index in [1.165, 1.54) is 25.8 Å². The summed E-state index contributed by atoms with van der Waals surface area (Å²) in [6.45, 7) is 3.21. The largest absolute Gasteiger partial charge is 0.493 e. The molecule has 7 nitrogen and oxygen atoms in total. The van der Waals surface area contributed by atoms with Gasteiger partial charge in [0, 0.05) is 18.2 Å². The fraction of sp³-hybridized carbons (Fsp3) is 0.350. The molecule has 0 aliphatic heterocycles. The molecule has 0 saturated carbocycles. The summed E-state index contributed by atoms with van der Waals surface area (Å²) in [4.78, 5) is 16.1. The van der Waals surface area contributed by atoms with Gasteiger partial charge in [0.2, 0.25) is 5.95 Å². The lowest BCUT2D eigenvalue weighted by molar-refractivity contribution is 0.301. The summed E-state index contributed by atoms with van der Waals surface area (Å²) in [7, 11) is 3.00. The number of benzene rings is 1. The highest BCUT2D eigenvalue weighted by molar-refractivity contribution is 5.64. The van der Waals surface area contributed by atoms with Crippen LogP contribution in [0.25, 0.3) is 0 Å². The van der Waals surface area contributed by atoms with Crippen LogP contribution >= 0.6 is 0 Å². The predicted octanol–water partition coefficient (Wildman–Crippen LogP) is 3.83. The van der Waals surface area contributed by atoms with E-state index in [4.69, 9.17) is 9.47 Å². The fourth-order valence-electron chi connectivity index (χ4n) is 3.02. The van der Waals surface area contributed by atoms with Gasteiger partial charge in [0.1, 0.15) is 5.69 Å². The molecule has 1 aromatic heterocycles. The summed E-state index contributed by atoms with van der Waals surface area (Å²) in [6, 6.07) is 3.41. The maximum absolute atomic E-state index is 13.7. The molecule has 1 aromatic carbocycles. The number of ether oxygens (including phenoxy) is 2. The van der Waals surface area contributed by atoms with Crippen molar-refractivity contribution < 1.29 is 22.6 Å². The number of aromatic nitrogens is 3. The first-order valence-corrected chi connectivity index (χ1v) is 9.07. The zero-order valence-corrected chi connectivity index (χ0v) is 16.9. The number of aryl methyl sites for hydroxylation is 2. The van der Waals surface area contributed by atoms with Crippen molar-refractivity contribution in [3.05, 3.63) is 57.0 Å². The minimum absolute atomic E-state index is 0.0626. The number of alkyl halides is 1. The number of rotatable bonds is 6. The Kier molecular flexibility index (Phi) is 6.14. The second-order valence-corrected chi connectivity index (χ2v) is 6.80. The number of anilines is 2. The summed E-state index contributed by atoms with van der Waals surface area (Å²) in [5.74, 6) is -1.62. The van der Waals surface area contributed by atoms with E-state index in [0.29, 0.717) is 17.2 Å². The summed E-state index contributed by atoms with van der Waals surface area (Å²) in [5.41, 5.74) is 1.17. The normalized spacial score (nSPS) is 16.4. The van der Waals surface area contributed by atoms with Crippen molar-refractivity contribution in [3.8, 4) is 11.5 Å². The monoisotopic (exact) mass is 422 g/mol. The molecule has 1 atom stereocenters. The molecule has 160 valence electrons. The Morgan fingerprint density at radius 3 is 2.50 bits per heavy atom. The number of allylic oxidation sites excluding steroid dienone is 4. The van der Waals surface area contributed by atoms with E-state index >= 15 is 0 Å². The first-order valence-electron chi connectivity index (χ1n) is 9.07.